The molecule has 4 heterocycles. The van der Waals surface area contributed by atoms with Crippen molar-refractivity contribution in [3.8, 4) is 23.1 Å². The van der Waals surface area contributed by atoms with Crippen molar-refractivity contribution in [3.63, 3.8) is 0 Å². The van der Waals surface area contributed by atoms with Crippen molar-refractivity contribution in [3.05, 3.63) is 71.4 Å². The number of hydrogen-bond acceptors (Lipinski definition) is 8. The molecule has 0 saturated carbocycles. The lowest BCUT2D eigenvalue weighted by atomic mass is 10.0. The molecular weight excluding hydrogens is 664 g/mol. The van der Waals surface area contributed by atoms with E-state index in [1.54, 1.807) is 22.9 Å². The monoisotopic (exact) mass is 708 g/mol. The second-order valence-electron chi connectivity index (χ2n) is 13.5. The van der Waals surface area contributed by atoms with E-state index in [0.717, 1.165) is 59.1 Å². The molecule has 6 rings (SSSR count). The fourth-order valence-electron chi connectivity index (χ4n) is 6.85. The van der Waals surface area contributed by atoms with Crippen molar-refractivity contribution in [1.29, 1.82) is 0 Å². The van der Waals surface area contributed by atoms with E-state index in [0.29, 0.717) is 24.7 Å². The van der Waals surface area contributed by atoms with Gasteiger partial charge in [0.1, 0.15) is 23.7 Å². The molecule has 14 heteroatoms. The van der Waals surface area contributed by atoms with E-state index in [2.05, 4.69) is 42.2 Å². The van der Waals surface area contributed by atoms with Crippen LogP contribution in [0.4, 0.5) is 9.59 Å². The molecule has 272 valence electrons. The first-order chi connectivity index (χ1) is 25.1. The minimum Gasteiger partial charge on any atom is -0.453 e. The van der Waals surface area contributed by atoms with Gasteiger partial charge < -0.3 is 39.9 Å². The maximum absolute atomic E-state index is 13.5. The van der Waals surface area contributed by atoms with E-state index in [1.807, 2.05) is 56.3 Å². The number of rotatable bonds is 8. The van der Waals surface area contributed by atoms with Crippen LogP contribution >= 0.6 is 0 Å². The Bertz CT molecular complexity index is 2010. The van der Waals surface area contributed by atoms with Crippen LogP contribution in [0.25, 0.3) is 22.3 Å². The van der Waals surface area contributed by atoms with Gasteiger partial charge in [0.05, 0.1) is 49.2 Å². The Morgan fingerprint density at radius 2 is 1.42 bits per heavy atom. The van der Waals surface area contributed by atoms with Crippen LogP contribution in [-0.2, 0) is 19.1 Å². The van der Waals surface area contributed by atoms with Gasteiger partial charge in [-0.1, -0.05) is 37.8 Å². The highest BCUT2D eigenvalue weighted by atomic mass is 16.5. The first-order valence-corrected chi connectivity index (χ1v) is 17.5. The zero-order valence-corrected chi connectivity index (χ0v) is 30.0. The van der Waals surface area contributed by atoms with Gasteiger partial charge in [-0.25, -0.2) is 19.6 Å². The third kappa shape index (κ3) is 7.73. The minimum absolute atomic E-state index is 0.108. The van der Waals surface area contributed by atoms with E-state index in [4.69, 9.17) is 9.72 Å². The lowest BCUT2D eigenvalue weighted by Gasteiger charge is -2.30. The number of nitrogens with zero attached hydrogens (tertiary/aromatic N) is 4. The summed E-state index contributed by atoms with van der Waals surface area (Å²) in [5.41, 5.74) is 5.04. The van der Waals surface area contributed by atoms with Gasteiger partial charge in [-0.3, -0.25) is 9.59 Å². The number of alkyl carbamates (subject to hydrolysis) is 2. The number of amides is 4. The molecule has 4 aromatic rings. The smallest absolute Gasteiger partial charge is 0.407 e. The number of likely N-dealkylation sites (tertiary alicyclic amines) is 2. The van der Waals surface area contributed by atoms with Gasteiger partial charge in [0.25, 0.3) is 0 Å². The average Bonchev–Trinajstić information content (AvgIpc) is 3.98. The van der Waals surface area contributed by atoms with Crippen molar-refractivity contribution in [2.45, 2.75) is 70.6 Å². The predicted molar refractivity (Wildman–Crippen MR) is 193 cm³/mol. The van der Waals surface area contributed by atoms with Crippen molar-refractivity contribution in [2.24, 2.45) is 5.92 Å². The summed E-state index contributed by atoms with van der Waals surface area (Å²) >= 11 is 0. The molecule has 0 bridgehead atoms. The second-order valence-corrected chi connectivity index (χ2v) is 13.5. The van der Waals surface area contributed by atoms with E-state index in [9.17, 15) is 19.2 Å². The van der Waals surface area contributed by atoms with Gasteiger partial charge in [-0.15, -0.1) is 0 Å². The number of H-pyrrole nitrogens is 2. The number of nitrogens with one attached hydrogen (secondary N) is 4. The van der Waals surface area contributed by atoms with Crippen molar-refractivity contribution >= 4 is 35.0 Å². The standard InChI is InChI=1S/C38H44N8O6/c1-22(2)32(44-38(50)52-5)36(48)46-19-6-8-30(46)33-39-21-29(43-33)26-15-12-24(13-16-26)10-11-25-14-17-27-28(20-25)42-34(41-27)31-9-7-18-45(31)35(47)23(3)40-37(49)51-4/h12-17,20-23,30-32H,6-9,18-19H2,1-5H3,(H,39,43)(H,40,49)(H,41,42)(H,44,50)/t23-,30+,31+,32-/m1/s1. The van der Waals surface area contributed by atoms with Crippen LogP contribution in [0.3, 0.4) is 0 Å². The number of carbonyl (C=O) groups excluding carboxylic acids is 4. The number of aromatic amines is 2. The number of aromatic nitrogens is 4. The molecule has 52 heavy (non-hydrogen) atoms. The topological polar surface area (TPSA) is 175 Å². The first kappa shape index (κ1) is 36.0. The number of carbonyl (C=O) groups is 4. The Labute approximate surface area is 302 Å². The molecule has 0 radical (unpaired) electrons. The quantitative estimate of drug-likeness (QED) is 0.189. The van der Waals surface area contributed by atoms with Crippen LogP contribution < -0.4 is 10.6 Å². The Balaban J connectivity index is 1.11. The Hall–Kier alpha value is -5.84. The van der Waals surface area contributed by atoms with Crippen LogP contribution in [0.5, 0.6) is 0 Å². The van der Waals surface area contributed by atoms with E-state index < -0.39 is 24.3 Å². The molecule has 14 nitrogen and oxygen atoms in total. The normalized spacial score (nSPS) is 18.1. The highest BCUT2D eigenvalue weighted by Crippen LogP contribution is 2.34. The summed E-state index contributed by atoms with van der Waals surface area (Å²) in [6.07, 6.45) is 3.73. The molecule has 2 saturated heterocycles. The van der Waals surface area contributed by atoms with Gasteiger partial charge in [0.15, 0.2) is 0 Å². The van der Waals surface area contributed by atoms with Gasteiger partial charge in [-0.05, 0) is 74.4 Å². The summed E-state index contributed by atoms with van der Waals surface area (Å²) in [6, 6.07) is 11.8. The summed E-state index contributed by atoms with van der Waals surface area (Å²) < 4.78 is 9.38. The molecular formula is C38H44N8O6. The van der Waals surface area contributed by atoms with Crippen LogP contribution in [0.1, 0.15) is 81.3 Å². The number of benzene rings is 2. The van der Waals surface area contributed by atoms with Gasteiger partial charge in [0, 0.05) is 24.2 Å². The Kier molecular flexibility index (Phi) is 10.8. The molecule has 2 aromatic carbocycles. The van der Waals surface area contributed by atoms with Crippen molar-refractivity contribution < 1.29 is 28.7 Å². The number of ether oxygens (including phenoxy) is 2. The number of fused-ring (bicyclic) bond motifs is 1. The molecule has 4 atom stereocenters. The first-order valence-electron chi connectivity index (χ1n) is 17.5. The fraction of sp³-hybridized carbons (Fsp3) is 0.421. The van der Waals surface area contributed by atoms with Crippen molar-refractivity contribution in [2.75, 3.05) is 27.3 Å². The molecule has 4 N–H and O–H groups in total. The largest absolute Gasteiger partial charge is 0.453 e. The van der Waals surface area contributed by atoms with Crippen LogP contribution in [-0.4, -0.2) is 93.1 Å². The Morgan fingerprint density at radius 3 is 2.10 bits per heavy atom. The number of imidazole rings is 2. The number of methoxy groups -OCH3 is 2. The summed E-state index contributed by atoms with van der Waals surface area (Å²) in [4.78, 5) is 69.9. The lowest BCUT2D eigenvalue weighted by Crippen LogP contribution is -2.51. The summed E-state index contributed by atoms with van der Waals surface area (Å²) in [5, 5.41) is 5.23. The summed E-state index contributed by atoms with van der Waals surface area (Å²) in [5.74, 6) is 7.45. The molecule has 0 spiro atoms. The lowest BCUT2D eigenvalue weighted by molar-refractivity contribution is -0.135. The highest BCUT2D eigenvalue weighted by molar-refractivity contribution is 5.87. The minimum atomic E-state index is -0.715. The molecule has 4 amide bonds. The maximum atomic E-state index is 13.5. The van der Waals surface area contributed by atoms with Crippen LogP contribution in [0.2, 0.25) is 0 Å². The van der Waals surface area contributed by atoms with Gasteiger partial charge >= 0.3 is 12.2 Å². The van der Waals surface area contributed by atoms with Crippen molar-refractivity contribution in [1.82, 2.24) is 40.4 Å². The molecule has 0 aliphatic carbocycles. The predicted octanol–water partition coefficient (Wildman–Crippen LogP) is 4.80. The third-order valence-electron chi connectivity index (χ3n) is 9.63. The van der Waals surface area contributed by atoms with Crippen LogP contribution in [0.15, 0.2) is 48.7 Å². The van der Waals surface area contributed by atoms with Crippen LogP contribution in [0, 0.1) is 17.8 Å². The molecule has 2 fully saturated rings. The molecule has 2 aromatic heterocycles. The van der Waals surface area contributed by atoms with E-state index in [1.165, 1.54) is 14.2 Å². The summed E-state index contributed by atoms with van der Waals surface area (Å²) in [7, 11) is 2.55. The fourth-order valence-corrected chi connectivity index (χ4v) is 6.85. The third-order valence-corrected chi connectivity index (χ3v) is 9.63. The molecule has 2 aliphatic rings. The zero-order chi connectivity index (χ0) is 36.9. The molecule has 2 aliphatic heterocycles. The van der Waals surface area contributed by atoms with Gasteiger partial charge in [0.2, 0.25) is 11.8 Å². The van der Waals surface area contributed by atoms with E-state index in [-0.39, 0.29) is 29.8 Å². The maximum Gasteiger partial charge on any atom is 0.407 e. The number of hydrogen-bond donors (Lipinski definition) is 4. The zero-order valence-electron chi connectivity index (χ0n) is 30.0. The van der Waals surface area contributed by atoms with E-state index >= 15 is 0 Å². The highest BCUT2D eigenvalue weighted by Gasteiger charge is 2.38. The second kappa shape index (κ2) is 15.6. The average molecular weight is 709 g/mol. The van der Waals surface area contributed by atoms with Gasteiger partial charge in [-0.2, -0.15) is 0 Å². The SMILES string of the molecule is COC(=O)N[C@H](C)C(=O)N1CCC[C@H]1c1nc2ccc(C#Cc3ccc(-c4cnc([C@@H]5CCCN5C(=O)[C@H](NC(=O)OC)C(C)C)[nH]4)cc3)cc2[nH]1. The summed E-state index contributed by atoms with van der Waals surface area (Å²) in [6.45, 7) is 6.60. The Morgan fingerprint density at radius 1 is 0.808 bits per heavy atom. The molecule has 0 unspecified atom stereocenters.